The van der Waals surface area contributed by atoms with E-state index < -0.39 is 11.6 Å². The van der Waals surface area contributed by atoms with Gasteiger partial charge in [-0.1, -0.05) is 6.07 Å². The van der Waals surface area contributed by atoms with Gasteiger partial charge in [0.05, 0.1) is 0 Å². The molecule has 0 fully saturated rings. The fraction of sp³-hybridized carbons (Fsp3) is 0.267. The van der Waals surface area contributed by atoms with Crippen LogP contribution in [-0.2, 0) is 12.8 Å². The Morgan fingerprint density at radius 1 is 1.24 bits per heavy atom. The average molecular weight is 309 g/mol. The van der Waals surface area contributed by atoms with E-state index in [0.717, 1.165) is 18.6 Å². The zero-order chi connectivity index (χ0) is 15.1. The molecule has 1 aromatic carbocycles. The molecule has 0 amide bonds. The molecule has 1 aromatic heterocycles. The van der Waals surface area contributed by atoms with Gasteiger partial charge in [-0.05, 0) is 41.6 Å². The summed E-state index contributed by atoms with van der Waals surface area (Å²) in [5.41, 5.74) is 6.05. The van der Waals surface area contributed by atoms with Gasteiger partial charge in [-0.2, -0.15) is 0 Å². The van der Waals surface area contributed by atoms with Crippen LogP contribution in [-0.4, -0.2) is 19.0 Å². The van der Waals surface area contributed by atoms with E-state index in [1.54, 1.807) is 11.3 Å². The first-order chi connectivity index (χ1) is 10.1. The van der Waals surface area contributed by atoms with Crippen LogP contribution >= 0.6 is 11.3 Å². The van der Waals surface area contributed by atoms with E-state index in [2.05, 4.69) is 16.4 Å². The monoisotopic (exact) mass is 309 g/mol. The zero-order valence-electron chi connectivity index (χ0n) is 11.5. The number of nitrogens with one attached hydrogen (secondary N) is 1. The molecular formula is C15H17F2N3S. The van der Waals surface area contributed by atoms with Gasteiger partial charge < -0.3 is 11.1 Å². The lowest BCUT2D eigenvalue weighted by atomic mass is 10.1. The van der Waals surface area contributed by atoms with Crippen molar-refractivity contribution in [1.29, 1.82) is 0 Å². The van der Waals surface area contributed by atoms with E-state index in [4.69, 9.17) is 5.73 Å². The number of hydrogen-bond donors (Lipinski definition) is 2. The molecule has 112 valence electrons. The molecule has 0 aliphatic carbocycles. The van der Waals surface area contributed by atoms with Crippen LogP contribution in [0.2, 0.25) is 0 Å². The summed E-state index contributed by atoms with van der Waals surface area (Å²) in [7, 11) is 0. The quantitative estimate of drug-likeness (QED) is 0.637. The Kier molecular flexibility index (Phi) is 5.68. The van der Waals surface area contributed by atoms with Crippen molar-refractivity contribution in [1.82, 2.24) is 5.32 Å². The van der Waals surface area contributed by atoms with E-state index in [1.165, 1.54) is 10.9 Å². The standard InChI is InChI=1S/C15H17F2N3S/c16-12-3-4-14(17)11(10-12)5-7-19-15(18)20-8-6-13-2-1-9-21-13/h1-4,9-10H,5-8H2,(H3,18,19,20). The minimum Gasteiger partial charge on any atom is -0.370 e. The Bertz CT molecular complexity index is 597. The van der Waals surface area contributed by atoms with Crippen LogP contribution in [0.4, 0.5) is 8.78 Å². The van der Waals surface area contributed by atoms with Crippen molar-refractivity contribution >= 4 is 17.3 Å². The van der Waals surface area contributed by atoms with Crippen molar-refractivity contribution in [2.24, 2.45) is 10.7 Å². The number of hydrogen-bond acceptors (Lipinski definition) is 2. The van der Waals surface area contributed by atoms with Crippen molar-refractivity contribution in [3.05, 3.63) is 57.8 Å². The van der Waals surface area contributed by atoms with Gasteiger partial charge in [0.15, 0.2) is 5.96 Å². The molecule has 0 radical (unpaired) electrons. The van der Waals surface area contributed by atoms with Gasteiger partial charge in [0.2, 0.25) is 0 Å². The van der Waals surface area contributed by atoms with Gasteiger partial charge in [-0.3, -0.25) is 4.99 Å². The Morgan fingerprint density at radius 3 is 2.86 bits per heavy atom. The maximum atomic E-state index is 13.4. The first-order valence-electron chi connectivity index (χ1n) is 6.65. The third-order valence-corrected chi connectivity index (χ3v) is 3.86. The van der Waals surface area contributed by atoms with Crippen molar-refractivity contribution in [2.45, 2.75) is 12.8 Å². The van der Waals surface area contributed by atoms with Crippen molar-refractivity contribution in [3.8, 4) is 0 Å². The summed E-state index contributed by atoms with van der Waals surface area (Å²) >= 11 is 1.68. The zero-order valence-corrected chi connectivity index (χ0v) is 12.3. The summed E-state index contributed by atoms with van der Waals surface area (Å²) in [6, 6.07) is 7.48. The normalized spacial score (nSPS) is 11.6. The molecule has 3 N–H and O–H groups in total. The molecule has 2 aromatic rings. The highest BCUT2D eigenvalue weighted by molar-refractivity contribution is 7.09. The molecule has 0 bridgehead atoms. The van der Waals surface area contributed by atoms with Crippen LogP contribution in [0.25, 0.3) is 0 Å². The summed E-state index contributed by atoms with van der Waals surface area (Å²) in [5.74, 6) is -0.529. The Morgan fingerprint density at radius 2 is 2.10 bits per heavy atom. The van der Waals surface area contributed by atoms with Gasteiger partial charge in [0.1, 0.15) is 11.6 Å². The molecule has 2 rings (SSSR count). The number of thiophene rings is 1. The van der Waals surface area contributed by atoms with Gasteiger partial charge in [0, 0.05) is 24.4 Å². The molecule has 0 aliphatic rings. The SMILES string of the molecule is NC(=NCCc1cccs1)NCCc1cc(F)ccc1F. The number of halogens is 2. The minimum absolute atomic E-state index is 0.323. The number of rotatable bonds is 6. The molecule has 0 atom stereocenters. The Balaban J connectivity index is 1.73. The highest BCUT2D eigenvalue weighted by Gasteiger charge is 2.03. The lowest BCUT2D eigenvalue weighted by molar-refractivity contribution is 0.583. The van der Waals surface area contributed by atoms with Crippen LogP contribution in [0, 0.1) is 11.6 Å². The van der Waals surface area contributed by atoms with Crippen LogP contribution in [0.5, 0.6) is 0 Å². The maximum absolute atomic E-state index is 13.4. The minimum atomic E-state index is -0.441. The third kappa shape index (κ3) is 5.15. The predicted octanol–water partition coefficient (Wildman–Crippen LogP) is 2.72. The van der Waals surface area contributed by atoms with Gasteiger partial charge in [-0.25, -0.2) is 8.78 Å². The fourth-order valence-electron chi connectivity index (χ4n) is 1.86. The van der Waals surface area contributed by atoms with Crippen LogP contribution < -0.4 is 11.1 Å². The second-order valence-electron chi connectivity index (χ2n) is 4.51. The van der Waals surface area contributed by atoms with E-state index in [9.17, 15) is 8.78 Å². The molecule has 6 heteroatoms. The van der Waals surface area contributed by atoms with Crippen molar-refractivity contribution in [3.63, 3.8) is 0 Å². The molecule has 3 nitrogen and oxygen atoms in total. The highest BCUT2D eigenvalue weighted by atomic mass is 32.1. The average Bonchev–Trinajstić information content (AvgIpc) is 2.96. The lowest BCUT2D eigenvalue weighted by Crippen LogP contribution is -2.33. The maximum Gasteiger partial charge on any atom is 0.188 e. The van der Waals surface area contributed by atoms with Crippen LogP contribution in [0.15, 0.2) is 40.7 Å². The topological polar surface area (TPSA) is 50.4 Å². The highest BCUT2D eigenvalue weighted by Crippen LogP contribution is 2.10. The summed E-state index contributed by atoms with van der Waals surface area (Å²) in [6.07, 6.45) is 1.20. The lowest BCUT2D eigenvalue weighted by Gasteiger charge is -2.06. The second kappa shape index (κ2) is 7.73. The largest absolute Gasteiger partial charge is 0.370 e. The Labute approximate surface area is 126 Å². The van der Waals surface area contributed by atoms with E-state index >= 15 is 0 Å². The molecule has 0 unspecified atom stereocenters. The second-order valence-corrected chi connectivity index (χ2v) is 5.54. The Hall–Kier alpha value is -1.95. The summed E-state index contributed by atoms with van der Waals surface area (Å²) in [5, 5.41) is 4.92. The number of nitrogens with zero attached hydrogens (tertiary/aromatic N) is 1. The smallest absolute Gasteiger partial charge is 0.188 e. The molecular weight excluding hydrogens is 292 g/mol. The first-order valence-corrected chi connectivity index (χ1v) is 7.53. The summed E-state index contributed by atoms with van der Waals surface area (Å²) < 4.78 is 26.4. The van der Waals surface area contributed by atoms with E-state index in [1.807, 2.05) is 11.4 Å². The van der Waals surface area contributed by atoms with Gasteiger partial charge >= 0.3 is 0 Å². The first kappa shape index (κ1) is 15.4. The van der Waals surface area contributed by atoms with Gasteiger partial charge in [0.25, 0.3) is 0 Å². The summed E-state index contributed by atoms with van der Waals surface area (Å²) in [6.45, 7) is 1.02. The molecule has 0 aliphatic heterocycles. The molecule has 21 heavy (non-hydrogen) atoms. The van der Waals surface area contributed by atoms with Crippen molar-refractivity contribution in [2.75, 3.05) is 13.1 Å². The van der Waals surface area contributed by atoms with E-state index in [0.29, 0.717) is 31.0 Å². The fourth-order valence-corrected chi connectivity index (χ4v) is 2.56. The number of nitrogens with two attached hydrogens (primary N) is 1. The third-order valence-electron chi connectivity index (χ3n) is 2.93. The summed E-state index contributed by atoms with van der Waals surface area (Å²) in [4.78, 5) is 5.45. The molecule has 0 spiro atoms. The molecule has 0 saturated heterocycles. The molecule has 1 heterocycles. The van der Waals surface area contributed by atoms with Crippen LogP contribution in [0.1, 0.15) is 10.4 Å². The predicted molar refractivity (Wildman–Crippen MR) is 82.6 cm³/mol. The number of aliphatic imine (C=N–C) groups is 1. The van der Waals surface area contributed by atoms with Gasteiger partial charge in [-0.15, -0.1) is 11.3 Å². The molecule has 0 saturated carbocycles. The van der Waals surface area contributed by atoms with Crippen molar-refractivity contribution < 1.29 is 8.78 Å². The number of benzene rings is 1. The number of guanidine groups is 1. The van der Waals surface area contributed by atoms with E-state index in [-0.39, 0.29) is 0 Å². The van der Waals surface area contributed by atoms with Crippen LogP contribution in [0.3, 0.4) is 0 Å².